The number of aryl methyl sites for hydroxylation is 1. The molecule has 0 aromatic carbocycles. The fraction of sp³-hybridized carbons (Fsp3) is 0.571. The Morgan fingerprint density at radius 3 is 3.00 bits per heavy atom. The predicted octanol–water partition coefficient (Wildman–Crippen LogP) is 3.38. The predicted molar refractivity (Wildman–Crippen MR) is 106 cm³/mol. The van der Waals surface area contributed by atoms with E-state index in [9.17, 15) is 4.79 Å². The van der Waals surface area contributed by atoms with Gasteiger partial charge in [-0.05, 0) is 51.1 Å². The lowest BCUT2D eigenvalue weighted by Crippen LogP contribution is -2.33. The van der Waals surface area contributed by atoms with Crippen molar-refractivity contribution in [3.63, 3.8) is 0 Å². The number of hydrogen-bond acceptors (Lipinski definition) is 5. The smallest absolute Gasteiger partial charge is 0.255 e. The van der Waals surface area contributed by atoms with Crippen LogP contribution in [-0.4, -0.2) is 45.8 Å². The molecule has 0 radical (unpaired) electrons. The van der Waals surface area contributed by atoms with Crippen molar-refractivity contribution in [1.82, 2.24) is 19.8 Å². The Balaban J connectivity index is 1.42. The van der Waals surface area contributed by atoms with E-state index in [1.54, 1.807) is 11.3 Å². The summed E-state index contributed by atoms with van der Waals surface area (Å²) < 4.78 is 0. The Labute approximate surface area is 164 Å². The van der Waals surface area contributed by atoms with Crippen LogP contribution in [-0.2, 0) is 25.8 Å². The maximum Gasteiger partial charge on any atom is 0.255 e. The van der Waals surface area contributed by atoms with Gasteiger partial charge in [-0.15, -0.1) is 11.3 Å². The summed E-state index contributed by atoms with van der Waals surface area (Å²) in [6, 6.07) is 0.0293. The maximum atomic E-state index is 13.4. The molecule has 2 aromatic rings. The van der Waals surface area contributed by atoms with Crippen LogP contribution in [0.5, 0.6) is 0 Å². The molecule has 2 aliphatic heterocycles. The average molecular weight is 383 g/mol. The van der Waals surface area contributed by atoms with Crippen LogP contribution in [0.4, 0.5) is 0 Å². The highest BCUT2D eigenvalue weighted by molar-refractivity contribution is 7.10. The maximum absolute atomic E-state index is 13.4. The summed E-state index contributed by atoms with van der Waals surface area (Å²) in [5.41, 5.74) is 4.66. The number of likely N-dealkylation sites (N-methyl/N-ethyl adjacent to an activating group) is 1. The first-order valence-corrected chi connectivity index (χ1v) is 11.0. The summed E-state index contributed by atoms with van der Waals surface area (Å²) in [6.07, 6.45) is 9.62. The van der Waals surface area contributed by atoms with Gasteiger partial charge in [0, 0.05) is 53.8 Å². The van der Waals surface area contributed by atoms with E-state index in [2.05, 4.69) is 22.3 Å². The quantitative estimate of drug-likeness (QED) is 0.799. The molecule has 4 heterocycles. The lowest BCUT2D eigenvalue weighted by Gasteiger charge is -2.27. The first-order valence-electron chi connectivity index (χ1n) is 10.1. The first-order chi connectivity index (χ1) is 13.2. The van der Waals surface area contributed by atoms with Gasteiger partial charge in [0.25, 0.3) is 5.91 Å². The van der Waals surface area contributed by atoms with E-state index in [1.807, 2.05) is 11.1 Å². The third-order valence-electron chi connectivity index (χ3n) is 6.25. The van der Waals surface area contributed by atoms with Crippen molar-refractivity contribution in [3.05, 3.63) is 44.7 Å². The van der Waals surface area contributed by atoms with E-state index in [-0.39, 0.29) is 11.9 Å². The zero-order valence-electron chi connectivity index (χ0n) is 15.9. The third kappa shape index (κ3) is 3.09. The number of nitrogens with zero attached hydrogens (tertiary/aromatic N) is 4. The number of hydrogen-bond donors (Lipinski definition) is 0. The minimum absolute atomic E-state index is 0.0293. The summed E-state index contributed by atoms with van der Waals surface area (Å²) in [5.74, 6) is 1.03. The van der Waals surface area contributed by atoms with Crippen LogP contribution in [0.15, 0.2) is 11.6 Å². The summed E-state index contributed by atoms with van der Waals surface area (Å²) in [7, 11) is 2.13. The second-order valence-corrected chi connectivity index (χ2v) is 9.07. The molecule has 1 unspecified atom stereocenters. The molecule has 142 valence electrons. The standard InChI is InChI=1S/C21H26N4OS/c1-24-10-8-17-14(12-24)11-22-20(23-17)18-6-4-9-25(18)21(26)16-13-27-19-7-3-2-5-15(16)19/h11,13,18H,2-10,12H2,1H3. The Bertz CT molecular complexity index is 877. The minimum atomic E-state index is 0.0293. The van der Waals surface area contributed by atoms with Crippen LogP contribution < -0.4 is 0 Å². The van der Waals surface area contributed by atoms with Gasteiger partial charge in [0.2, 0.25) is 0 Å². The number of carbonyl (C=O) groups is 1. The zero-order valence-corrected chi connectivity index (χ0v) is 16.7. The summed E-state index contributed by atoms with van der Waals surface area (Å²) in [4.78, 5) is 28.7. The molecule has 1 amide bonds. The number of fused-ring (bicyclic) bond motifs is 2. The number of likely N-dealkylation sites (tertiary alicyclic amines) is 1. The molecule has 0 N–H and O–H groups in total. The van der Waals surface area contributed by atoms with E-state index >= 15 is 0 Å². The third-order valence-corrected chi connectivity index (χ3v) is 7.34. The Kier molecular flexibility index (Phi) is 4.48. The molecule has 6 heteroatoms. The Morgan fingerprint density at radius 1 is 1.19 bits per heavy atom. The number of thiophene rings is 1. The van der Waals surface area contributed by atoms with Gasteiger partial charge in [-0.2, -0.15) is 0 Å². The van der Waals surface area contributed by atoms with Crippen LogP contribution in [0.1, 0.15) is 69.6 Å². The molecule has 1 fully saturated rings. The molecule has 1 atom stereocenters. The number of carbonyl (C=O) groups excluding carboxylic acids is 1. The number of aromatic nitrogens is 2. The van der Waals surface area contributed by atoms with E-state index in [0.717, 1.165) is 63.1 Å². The molecule has 1 saturated heterocycles. The molecular weight excluding hydrogens is 356 g/mol. The second kappa shape index (κ2) is 6.99. The summed E-state index contributed by atoms with van der Waals surface area (Å²) in [5, 5.41) is 2.09. The van der Waals surface area contributed by atoms with Crippen molar-refractivity contribution < 1.29 is 4.79 Å². The average Bonchev–Trinajstić information content (AvgIpc) is 3.34. The van der Waals surface area contributed by atoms with Crippen molar-refractivity contribution >= 4 is 17.2 Å². The summed E-state index contributed by atoms with van der Waals surface area (Å²) >= 11 is 1.77. The van der Waals surface area contributed by atoms with Crippen molar-refractivity contribution in [2.45, 2.75) is 57.5 Å². The van der Waals surface area contributed by atoms with E-state index in [4.69, 9.17) is 4.98 Å². The summed E-state index contributed by atoms with van der Waals surface area (Å²) in [6.45, 7) is 2.78. The molecule has 1 aliphatic carbocycles. The van der Waals surface area contributed by atoms with Gasteiger partial charge in [0.1, 0.15) is 0 Å². The first kappa shape index (κ1) is 17.3. The highest BCUT2D eigenvalue weighted by atomic mass is 32.1. The highest BCUT2D eigenvalue weighted by Gasteiger charge is 2.35. The molecule has 0 bridgehead atoms. The van der Waals surface area contributed by atoms with E-state index in [0.29, 0.717) is 0 Å². The van der Waals surface area contributed by atoms with Crippen LogP contribution in [0.3, 0.4) is 0 Å². The zero-order chi connectivity index (χ0) is 18.4. The minimum Gasteiger partial charge on any atom is -0.328 e. The molecule has 0 saturated carbocycles. The molecule has 5 nitrogen and oxygen atoms in total. The largest absolute Gasteiger partial charge is 0.328 e. The molecule has 0 spiro atoms. The molecule has 27 heavy (non-hydrogen) atoms. The van der Waals surface area contributed by atoms with Gasteiger partial charge in [-0.1, -0.05) is 0 Å². The monoisotopic (exact) mass is 382 g/mol. The fourth-order valence-corrected chi connectivity index (χ4v) is 5.86. The second-order valence-electron chi connectivity index (χ2n) is 8.10. The van der Waals surface area contributed by atoms with Gasteiger partial charge >= 0.3 is 0 Å². The van der Waals surface area contributed by atoms with Crippen LogP contribution in [0, 0.1) is 0 Å². The highest BCUT2D eigenvalue weighted by Crippen LogP contribution is 2.36. The molecule has 3 aliphatic rings. The van der Waals surface area contributed by atoms with Crippen LogP contribution in [0.25, 0.3) is 0 Å². The van der Waals surface area contributed by atoms with Crippen molar-refractivity contribution in [1.29, 1.82) is 0 Å². The van der Waals surface area contributed by atoms with Crippen molar-refractivity contribution in [2.24, 2.45) is 0 Å². The lowest BCUT2D eigenvalue weighted by molar-refractivity contribution is 0.0728. The fourth-order valence-electron chi connectivity index (χ4n) is 4.74. The molecular formula is C21H26N4OS. The van der Waals surface area contributed by atoms with Crippen LogP contribution >= 0.6 is 11.3 Å². The van der Waals surface area contributed by atoms with E-state index < -0.39 is 0 Å². The topological polar surface area (TPSA) is 49.3 Å². The Hall–Kier alpha value is -1.79. The normalized spacial score (nSPS) is 22.6. The Morgan fingerprint density at radius 2 is 2.07 bits per heavy atom. The van der Waals surface area contributed by atoms with Crippen molar-refractivity contribution in [2.75, 3.05) is 20.1 Å². The van der Waals surface area contributed by atoms with Gasteiger partial charge in [-0.3, -0.25) is 4.79 Å². The molecule has 2 aromatic heterocycles. The van der Waals surface area contributed by atoms with Crippen LogP contribution in [0.2, 0.25) is 0 Å². The number of amides is 1. The van der Waals surface area contributed by atoms with Gasteiger partial charge in [-0.25, -0.2) is 9.97 Å². The van der Waals surface area contributed by atoms with Gasteiger partial charge in [0.05, 0.1) is 11.6 Å². The molecule has 5 rings (SSSR count). The number of rotatable bonds is 2. The van der Waals surface area contributed by atoms with E-state index in [1.165, 1.54) is 34.5 Å². The van der Waals surface area contributed by atoms with Gasteiger partial charge < -0.3 is 9.80 Å². The SMILES string of the molecule is CN1CCc2nc(C3CCCN3C(=O)c3csc4c3CCCC4)ncc2C1. The van der Waals surface area contributed by atoms with Crippen molar-refractivity contribution in [3.8, 4) is 0 Å². The van der Waals surface area contributed by atoms with Gasteiger partial charge in [0.15, 0.2) is 5.82 Å². The lowest BCUT2D eigenvalue weighted by atomic mass is 9.95.